The largest absolute Gasteiger partial charge is 0.369 e. The lowest BCUT2D eigenvalue weighted by molar-refractivity contribution is 0.289. The highest BCUT2D eigenvalue weighted by molar-refractivity contribution is 7.98. The minimum Gasteiger partial charge on any atom is -0.369 e. The second-order valence-corrected chi connectivity index (χ2v) is 5.33. The van der Waals surface area contributed by atoms with Gasteiger partial charge in [-0.05, 0) is 25.6 Å². The molecule has 1 aromatic rings. The average molecular weight is 282 g/mol. The van der Waals surface area contributed by atoms with Crippen molar-refractivity contribution >= 4 is 23.4 Å². The fraction of sp³-hybridized carbons (Fsp3) is 0.667. The minimum absolute atomic E-state index is 0.636. The molecule has 7 heteroatoms. The molecular weight excluding hydrogens is 260 g/mol. The Morgan fingerprint density at radius 2 is 2.16 bits per heavy atom. The normalized spacial score (nSPS) is 14.7. The predicted octanol–water partition coefficient (Wildman–Crippen LogP) is 1.38. The Morgan fingerprint density at radius 1 is 1.42 bits per heavy atom. The van der Waals surface area contributed by atoms with Gasteiger partial charge in [0.1, 0.15) is 11.6 Å². The van der Waals surface area contributed by atoms with Crippen molar-refractivity contribution < 1.29 is 0 Å². The first-order valence-electron chi connectivity index (χ1n) is 6.64. The van der Waals surface area contributed by atoms with Gasteiger partial charge in [0.25, 0.3) is 0 Å². The molecule has 0 unspecified atom stereocenters. The van der Waals surface area contributed by atoms with Crippen LogP contribution >= 0.6 is 11.8 Å². The summed E-state index contributed by atoms with van der Waals surface area (Å²) < 4.78 is 0. The summed E-state index contributed by atoms with van der Waals surface area (Å²) in [7, 11) is 0. The number of hydrazine groups is 1. The summed E-state index contributed by atoms with van der Waals surface area (Å²) in [5.74, 6) is 6.86. The van der Waals surface area contributed by atoms with Gasteiger partial charge in [-0.1, -0.05) is 18.7 Å². The topological polar surface area (TPSA) is 79.1 Å². The van der Waals surface area contributed by atoms with Crippen LogP contribution in [0.4, 0.5) is 11.6 Å². The Morgan fingerprint density at radius 3 is 2.74 bits per heavy atom. The summed E-state index contributed by atoms with van der Waals surface area (Å²) in [6.07, 6.45) is 4.64. The van der Waals surface area contributed by atoms with Crippen LogP contribution in [0.3, 0.4) is 0 Å². The number of nitrogens with zero attached hydrogens (tertiary/aromatic N) is 3. The molecule has 1 fully saturated rings. The van der Waals surface area contributed by atoms with Crippen LogP contribution in [0.2, 0.25) is 0 Å². The van der Waals surface area contributed by atoms with Crippen LogP contribution in [0.25, 0.3) is 0 Å². The number of aromatic nitrogens is 2. The number of thioether (sulfide) groups is 1. The maximum Gasteiger partial charge on any atom is 0.191 e. The summed E-state index contributed by atoms with van der Waals surface area (Å²) in [6.45, 7) is 5.26. The molecule has 6 nitrogen and oxygen atoms in total. The van der Waals surface area contributed by atoms with E-state index in [0.29, 0.717) is 11.0 Å². The van der Waals surface area contributed by atoms with E-state index in [9.17, 15) is 0 Å². The maximum absolute atomic E-state index is 5.40. The van der Waals surface area contributed by atoms with Crippen molar-refractivity contribution in [1.82, 2.24) is 14.9 Å². The molecule has 0 spiro atoms. The highest BCUT2D eigenvalue weighted by Gasteiger charge is 2.27. The smallest absolute Gasteiger partial charge is 0.191 e. The van der Waals surface area contributed by atoms with Crippen LogP contribution in [0.5, 0.6) is 0 Å². The lowest BCUT2D eigenvalue weighted by atomic mass is 10.4. The predicted molar refractivity (Wildman–Crippen MR) is 80.4 cm³/mol. The molecule has 0 bridgehead atoms. The van der Waals surface area contributed by atoms with Crippen molar-refractivity contribution in [3.63, 3.8) is 0 Å². The van der Waals surface area contributed by atoms with Gasteiger partial charge >= 0.3 is 0 Å². The summed E-state index contributed by atoms with van der Waals surface area (Å²) in [5, 5.41) is 4.06. The van der Waals surface area contributed by atoms with Gasteiger partial charge in [0.2, 0.25) is 0 Å². The molecule has 19 heavy (non-hydrogen) atoms. The molecule has 1 aliphatic rings. The van der Waals surface area contributed by atoms with Crippen LogP contribution in [-0.2, 0) is 0 Å². The molecular formula is C12H22N6S. The number of rotatable bonds is 8. The van der Waals surface area contributed by atoms with Crippen LogP contribution in [0, 0.1) is 0 Å². The van der Waals surface area contributed by atoms with Crippen molar-refractivity contribution in [2.45, 2.75) is 31.0 Å². The molecule has 0 aromatic carbocycles. The Balaban J connectivity index is 1.87. The van der Waals surface area contributed by atoms with Crippen molar-refractivity contribution in [1.29, 1.82) is 0 Å². The summed E-state index contributed by atoms with van der Waals surface area (Å²) in [4.78, 5) is 11.1. The third-order valence-corrected chi connectivity index (χ3v) is 3.76. The SMILES string of the molecule is CCN(CCNc1cc(NN)nc(SC)n1)C1CC1. The van der Waals surface area contributed by atoms with Crippen LogP contribution in [0.1, 0.15) is 19.8 Å². The zero-order chi connectivity index (χ0) is 13.7. The van der Waals surface area contributed by atoms with Gasteiger partial charge in [-0.2, -0.15) is 0 Å². The van der Waals surface area contributed by atoms with Gasteiger partial charge in [0.15, 0.2) is 5.16 Å². The lowest BCUT2D eigenvalue weighted by Gasteiger charge is -2.20. The molecule has 0 amide bonds. The first-order valence-corrected chi connectivity index (χ1v) is 7.87. The molecule has 1 saturated carbocycles. The van der Waals surface area contributed by atoms with E-state index in [0.717, 1.165) is 31.5 Å². The Hall–Kier alpha value is -1.05. The Labute approximate surface area is 118 Å². The number of anilines is 2. The number of hydrogen-bond donors (Lipinski definition) is 3. The average Bonchev–Trinajstić information content (AvgIpc) is 3.27. The monoisotopic (exact) mass is 282 g/mol. The van der Waals surface area contributed by atoms with E-state index in [1.54, 1.807) is 0 Å². The van der Waals surface area contributed by atoms with Gasteiger partial charge in [0.05, 0.1) is 0 Å². The van der Waals surface area contributed by atoms with E-state index in [2.05, 4.69) is 32.5 Å². The quantitative estimate of drug-likeness (QED) is 0.288. The Kier molecular flexibility index (Phi) is 5.24. The van der Waals surface area contributed by atoms with Gasteiger partial charge in [-0.15, -0.1) is 0 Å². The van der Waals surface area contributed by atoms with Crippen molar-refractivity contribution in [3.8, 4) is 0 Å². The first kappa shape index (κ1) is 14.4. The van der Waals surface area contributed by atoms with Gasteiger partial charge in [-0.3, -0.25) is 4.90 Å². The standard InChI is InChI=1S/C12H22N6S/c1-3-18(9-4-5-9)7-6-14-10-8-11(17-13)16-12(15-10)19-2/h8-9H,3-7,13H2,1-2H3,(H2,14,15,16,17). The molecule has 1 heterocycles. The van der Waals surface area contributed by atoms with Crippen molar-refractivity contribution in [3.05, 3.63) is 6.07 Å². The molecule has 0 atom stereocenters. The van der Waals surface area contributed by atoms with Crippen molar-refractivity contribution in [2.75, 3.05) is 36.6 Å². The van der Waals surface area contributed by atoms with E-state index in [1.807, 2.05) is 12.3 Å². The van der Waals surface area contributed by atoms with Crippen LogP contribution in [-0.4, -0.2) is 46.8 Å². The number of likely N-dealkylation sites (N-methyl/N-ethyl adjacent to an activating group) is 1. The molecule has 0 saturated heterocycles. The van der Waals surface area contributed by atoms with Crippen LogP contribution in [0.15, 0.2) is 11.2 Å². The van der Waals surface area contributed by atoms with Gasteiger partial charge in [0, 0.05) is 25.2 Å². The minimum atomic E-state index is 0.636. The third-order valence-electron chi connectivity index (χ3n) is 3.21. The number of nitrogens with one attached hydrogen (secondary N) is 2. The third kappa shape index (κ3) is 4.22. The molecule has 2 rings (SSSR count). The number of nitrogens with two attached hydrogens (primary N) is 1. The zero-order valence-electron chi connectivity index (χ0n) is 11.5. The molecule has 106 valence electrons. The maximum atomic E-state index is 5.40. The van der Waals surface area contributed by atoms with E-state index in [-0.39, 0.29) is 0 Å². The zero-order valence-corrected chi connectivity index (χ0v) is 12.3. The molecule has 4 N–H and O–H groups in total. The highest BCUT2D eigenvalue weighted by Crippen LogP contribution is 2.26. The highest BCUT2D eigenvalue weighted by atomic mass is 32.2. The number of nitrogen functional groups attached to an aromatic ring is 1. The fourth-order valence-electron chi connectivity index (χ4n) is 2.05. The van der Waals surface area contributed by atoms with E-state index < -0.39 is 0 Å². The van der Waals surface area contributed by atoms with E-state index in [4.69, 9.17) is 5.84 Å². The summed E-state index contributed by atoms with van der Waals surface area (Å²) in [6, 6.07) is 2.63. The van der Waals surface area contributed by atoms with E-state index in [1.165, 1.54) is 24.6 Å². The first-order chi connectivity index (χ1) is 9.26. The molecule has 1 aliphatic carbocycles. The molecule has 1 aromatic heterocycles. The van der Waals surface area contributed by atoms with Crippen molar-refractivity contribution in [2.24, 2.45) is 5.84 Å². The summed E-state index contributed by atoms with van der Waals surface area (Å²) in [5.41, 5.74) is 2.57. The number of hydrogen-bond acceptors (Lipinski definition) is 7. The second-order valence-electron chi connectivity index (χ2n) is 4.56. The second kappa shape index (κ2) is 6.93. The van der Waals surface area contributed by atoms with E-state index >= 15 is 0 Å². The van der Waals surface area contributed by atoms with Gasteiger partial charge in [-0.25, -0.2) is 15.8 Å². The summed E-state index contributed by atoms with van der Waals surface area (Å²) >= 11 is 1.50. The molecule has 0 aliphatic heterocycles. The van der Waals surface area contributed by atoms with Gasteiger partial charge < -0.3 is 10.7 Å². The van der Waals surface area contributed by atoms with Crippen LogP contribution < -0.4 is 16.6 Å². The lowest BCUT2D eigenvalue weighted by Crippen LogP contribution is -2.31. The Bertz CT molecular complexity index is 387. The fourth-order valence-corrected chi connectivity index (χ4v) is 2.43. The molecule has 0 radical (unpaired) electrons.